The Morgan fingerprint density at radius 3 is 2.48 bits per heavy atom. The molecule has 1 amide bonds. The number of thioether (sulfide) groups is 1. The summed E-state index contributed by atoms with van der Waals surface area (Å²) in [5.41, 5.74) is -0.203. The minimum absolute atomic E-state index is 0.0284. The van der Waals surface area contributed by atoms with Crippen molar-refractivity contribution in [1.82, 2.24) is 0 Å². The molecule has 1 N–H and O–H groups in total. The van der Waals surface area contributed by atoms with Crippen molar-refractivity contribution >= 4 is 46.6 Å². The van der Waals surface area contributed by atoms with Gasteiger partial charge in [-0.05, 0) is 24.3 Å². The van der Waals surface area contributed by atoms with Gasteiger partial charge in [-0.25, -0.2) is 8.78 Å². The molecule has 110 valence electrons. The maximum atomic E-state index is 13.4. The number of benzene rings is 2. The maximum Gasteiger partial charge on any atom is 0.234 e. The van der Waals surface area contributed by atoms with Crippen LogP contribution in [0.4, 0.5) is 14.5 Å². The number of carbonyl (C=O) groups excluding carboxylic acids is 1. The Hall–Kier alpha value is -1.30. The van der Waals surface area contributed by atoms with Gasteiger partial charge in [0.05, 0.1) is 21.5 Å². The van der Waals surface area contributed by atoms with E-state index in [0.29, 0.717) is 14.9 Å². The molecular weight excluding hydrogens is 339 g/mol. The van der Waals surface area contributed by atoms with Crippen LogP contribution < -0.4 is 5.32 Å². The first-order chi connectivity index (χ1) is 9.97. The summed E-state index contributed by atoms with van der Waals surface area (Å²) in [6.45, 7) is 0. The van der Waals surface area contributed by atoms with Gasteiger partial charge in [0.25, 0.3) is 0 Å². The molecule has 0 aromatic heterocycles. The van der Waals surface area contributed by atoms with Crippen molar-refractivity contribution in [2.45, 2.75) is 4.90 Å². The fourth-order valence-corrected chi connectivity index (χ4v) is 3.02. The van der Waals surface area contributed by atoms with E-state index in [-0.39, 0.29) is 11.4 Å². The van der Waals surface area contributed by atoms with Crippen molar-refractivity contribution in [3.05, 3.63) is 58.1 Å². The molecule has 0 saturated heterocycles. The van der Waals surface area contributed by atoms with Crippen LogP contribution in [0.25, 0.3) is 0 Å². The smallest absolute Gasteiger partial charge is 0.234 e. The Kier molecular flexibility index (Phi) is 5.45. The molecule has 2 aromatic carbocycles. The average molecular weight is 348 g/mol. The number of amides is 1. The van der Waals surface area contributed by atoms with Crippen LogP contribution >= 0.6 is 35.0 Å². The molecule has 0 bridgehead atoms. The molecule has 0 unspecified atom stereocenters. The first kappa shape index (κ1) is 16.1. The van der Waals surface area contributed by atoms with Crippen LogP contribution in [-0.2, 0) is 4.79 Å². The predicted octanol–water partition coefficient (Wildman–Crippen LogP) is 5.00. The molecule has 0 spiro atoms. The van der Waals surface area contributed by atoms with E-state index < -0.39 is 17.5 Å². The van der Waals surface area contributed by atoms with Gasteiger partial charge in [-0.3, -0.25) is 4.79 Å². The number of hydrogen-bond acceptors (Lipinski definition) is 2. The minimum Gasteiger partial charge on any atom is -0.323 e. The second-order valence-electron chi connectivity index (χ2n) is 4.01. The van der Waals surface area contributed by atoms with Gasteiger partial charge in [0.15, 0.2) is 0 Å². The molecule has 0 aliphatic rings. The quantitative estimate of drug-likeness (QED) is 0.788. The van der Waals surface area contributed by atoms with E-state index in [1.165, 1.54) is 0 Å². The lowest BCUT2D eigenvalue weighted by atomic mass is 10.3. The highest BCUT2D eigenvalue weighted by Crippen LogP contribution is 2.33. The summed E-state index contributed by atoms with van der Waals surface area (Å²) in [7, 11) is 0. The van der Waals surface area contributed by atoms with Crippen LogP contribution in [0.5, 0.6) is 0 Å². The zero-order chi connectivity index (χ0) is 15.4. The SMILES string of the molecule is O=C(CSc1c(Cl)cccc1Cl)Nc1cc(F)ccc1F. The second-order valence-corrected chi connectivity index (χ2v) is 5.81. The van der Waals surface area contributed by atoms with Gasteiger partial charge in [0.1, 0.15) is 11.6 Å². The Labute approximate surface area is 134 Å². The lowest BCUT2D eigenvalue weighted by molar-refractivity contribution is -0.113. The van der Waals surface area contributed by atoms with E-state index in [1.807, 2.05) is 0 Å². The highest BCUT2D eigenvalue weighted by atomic mass is 35.5. The summed E-state index contributed by atoms with van der Waals surface area (Å²) in [6.07, 6.45) is 0. The van der Waals surface area contributed by atoms with Crippen LogP contribution in [0.3, 0.4) is 0 Å². The number of hydrogen-bond donors (Lipinski definition) is 1. The van der Waals surface area contributed by atoms with Crippen molar-refractivity contribution in [3.8, 4) is 0 Å². The van der Waals surface area contributed by atoms with E-state index >= 15 is 0 Å². The molecule has 0 radical (unpaired) electrons. The van der Waals surface area contributed by atoms with Crippen LogP contribution in [0.2, 0.25) is 10.0 Å². The first-order valence-corrected chi connectivity index (χ1v) is 7.53. The van der Waals surface area contributed by atoms with Gasteiger partial charge in [0.2, 0.25) is 5.91 Å². The van der Waals surface area contributed by atoms with E-state index in [9.17, 15) is 13.6 Å². The van der Waals surface area contributed by atoms with Gasteiger partial charge in [-0.15, -0.1) is 11.8 Å². The Bertz CT molecular complexity index is 662. The van der Waals surface area contributed by atoms with Crippen molar-refractivity contribution in [2.75, 3.05) is 11.1 Å². The fourth-order valence-electron chi connectivity index (χ4n) is 1.54. The number of rotatable bonds is 4. The summed E-state index contributed by atoms with van der Waals surface area (Å²) in [5.74, 6) is -1.85. The topological polar surface area (TPSA) is 29.1 Å². The second kappa shape index (κ2) is 7.11. The zero-order valence-electron chi connectivity index (χ0n) is 10.5. The molecule has 2 aromatic rings. The van der Waals surface area contributed by atoms with Gasteiger partial charge in [0, 0.05) is 11.0 Å². The highest BCUT2D eigenvalue weighted by molar-refractivity contribution is 8.00. The monoisotopic (exact) mass is 347 g/mol. The van der Waals surface area contributed by atoms with Crippen molar-refractivity contribution in [1.29, 1.82) is 0 Å². The lowest BCUT2D eigenvalue weighted by Crippen LogP contribution is -2.15. The molecule has 0 aliphatic heterocycles. The largest absolute Gasteiger partial charge is 0.323 e. The summed E-state index contributed by atoms with van der Waals surface area (Å²) in [6, 6.07) is 7.84. The van der Waals surface area contributed by atoms with E-state index in [2.05, 4.69) is 5.32 Å². The molecule has 0 saturated carbocycles. The lowest BCUT2D eigenvalue weighted by Gasteiger charge is -2.08. The van der Waals surface area contributed by atoms with Gasteiger partial charge in [-0.2, -0.15) is 0 Å². The molecule has 7 heteroatoms. The van der Waals surface area contributed by atoms with E-state index in [1.54, 1.807) is 18.2 Å². The van der Waals surface area contributed by atoms with Gasteiger partial charge >= 0.3 is 0 Å². The minimum atomic E-state index is -0.703. The third-order valence-corrected chi connectivity index (χ3v) is 4.46. The first-order valence-electron chi connectivity index (χ1n) is 5.79. The Morgan fingerprint density at radius 1 is 1.14 bits per heavy atom. The number of nitrogens with one attached hydrogen (secondary N) is 1. The summed E-state index contributed by atoms with van der Waals surface area (Å²) in [4.78, 5) is 12.3. The maximum absolute atomic E-state index is 13.4. The molecule has 0 heterocycles. The molecule has 2 nitrogen and oxygen atoms in total. The molecule has 2 rings (SSSR count). The van der Waals surface area contributed by atoms with Crippen LogP contribution in [-0.4, -0.2) is 11.7 Å². The van der Waals surface area contributed by atoms with Gasteiger partial charge in [-0.1, -0.05) is 29.3 Å². The number of carbonyl (C=O) groups is 1. The Morgan fingerprint density at radius 2 is 1.81 bits per heavy atom. The molecule has 0 aliphatic carbocycles. The Balaban J connectivity index is 2.01. The normalized spacial score (nSPS) is 10.5. The average Bonchev–Trinajstić information content (AvgIpc) is 2.42. The summed E-state index contributed by atoms with van der Waals surface area (Å²) >= 11 is 13.1. The van der Waals surface area contributed by atoms with E-state index in [0.717, 1.165) is 30.0 Å². The van der Waals surface area contributed by atoms with Crippen molar-refractivity contribution in [3.63, 3.8) is 0 Å². The molecular formula is C14H9Cl2F2NOS. The predicted molar refractivity (Wildman–Crippen MR) is 82.2 cm³/mol. The number of anilines is 1. The highest BCUT2D eigenvalue weighted by Gasteiger charge is 2.11. The third kappa shape index (κ3) is 4.33. The zero-order valence-corrected chi connectivity index (χ0v) is 12.8. The third-order valence-electron chi connectivity index (χ3n) is 2.47. The summed E-state index contributed by atoms with van der Waals surface area (Å²) in [5, 5.41) is 3.16. The molecule has 21 heavy (non-hydrogen) atoms. The van der Waals surface area contributed by atoms with Crippen LogP contribution in [0.1, 0.15) is 0 Å². The van der Waals surface area contributed by atoms with E-state index in [4.69, 9.17) is 23.2 Å². The fraction of sp³-hybridized carbons (Fsp3) is 0.0714. The molecule has 0 atom stereocenters. The number of halogens is 4. The summed E-state index contributed by atoms with van der Waals surface area (Å²) < 4.78 is 26.4. The van der Waals surface area contributed by atoms with Crippen molar-refractivity contribution < 1.29 is 13.6 Å². The van der Waals surface area contributed by atoms with Crippen LogP contribution in [0, 0.1) is 11.6 Å². The van der Waals surface area contributed by atoms with Gasteiger partial charge < -0.3 is 5.32 Å². The van der Waals surface area contributed by atoms with Crippen molar-refractivity contribution in [2.24, 2.45) is 0 Å². The molecule has 0 fully saturated rings. The van der Waals surface area contributed by atoms with Crippen LogP contribution in [0.15, 0.2) is 41.3 Å². The standard InChI is InChI=1S/C14H9Cl2F2NOS/c15-9-2-1-3-10(16)14(9)21-7-13(20)19-12-6-8(17)4-5-11(12)18/h1-6H,7H2,(H,19,20).